The number of anilines is 1. The molecule has 1 heterocycles. The van der Waals surface area contributed by atoms with Crippen LogP contribution in [0, 0.1) is 6.92 Å². The summed E-state index contributed by atoms with van der Waals surface area (Å²) in [6, 6.07) is 15.5. The van der Waals surface area contributed by atoms with Crippen LogP contribution in [0.3, 0.4) is 0 Å². The molecular formula is C20H22N4O2. The molecule has 0 atom stereocenters. The van der Waals surface area contributed by atoms with E-state index >= 15 is 0 Å². The SMILES string of the molecule is CCc1noc(CNc2ccccc2C(=O)NCc2ccc(C)cc2)n1. The summed E-state index contributed by atoms with van der Waals surface area (Å²) in [5.41, 5.74) is 3.56. The largest absolute Gasteiger partial charge is 0.375 e. The molecule has 3 aromatic rings. The molecule has 0 radical (unpaired) electrons. The summed E-state index contributed by atoms with van der Waals surface area (Å²) in [7, 11) is 0. The van der Waals surface area contributed by atoms with Gasteiger partial charge in [-0.3, -0.25) is 4.79 Å². The topological polar surface area (TPSA) is 80.0 Å². The van der Waals surface area contributed by atoms with E-state index in [-0.39, 0.29) is 5.91 Å². The first-order valence-corrected chi connectivity index (χ1v) is 8.64. The second-order valence-corrected chi connectivity index (χ2v) is 6.03. The molecule has 2 aromatic carbocycles. The van der Waals surface area contributed by atoms with Crippen LogP contribution in [0.25, 0.3) is 0 Å². The Balaban J connectivity index is 1.63. The third kappa shape index (κ3) is 4.47. The average molecular weight is 350 g/mol. The molecule has 0 bridgehead atoms. The average Bonchev–Trinajstić information content (AvgIpc) is 3.14. The van der Waals surface area contributed by atoms with Gasteiger partial charge in [-0.2, -0.15) is 4.98 Å². The van der Waals surface area contributed by atoms with Crippen molar-refractivity contribution in [1.29, 1.82) is 0 Å². The molecule has 6 nitrogen and oxygen atoms in total. The highest BCUT2D eigenvalue weighted by molar-refractivity contribution is 5.99. The molecule has 6 heteroatoms. The third-order valence-electron chi connectivity index (χ3n) is 4.00. The lowest BCUT2D eigenvalue weighted by atomic mass is 10.1. The van der Waals surface area contributed by atoms with Crippen molar-refractivity contribution in [3.63, 3.8) is 0 Å². The summed E-state index contributed by atoms with van der Waals surface area (Å²) in [6.45, 7) is 4.86. The van der Waals surface area contributed by atoms with Crippen molar-refractivity contribution in [3.8, 4) is 0 Å². The number of hydrogen-bond acceptors (Lipinski definition) is 5. The van der Waals surface area contributed by atoms with E-state index in [1.807, 2.05) is 56.3 Å². The Morgan fingerprint density at radius 1 is 1.08 bits per heavy atom. The zero-order valence-electron chi connectivity index (χ0n) is 15.0. The molecule has 134 valence electrons. The van der Waals surface area contributed by atoms with Gasteiger partial charge in [-0.1, -0.05) is 54.0 Å². The van der Waals surface area contributed by atoms with Gasteiger partial charge in [-0.25, -0.2) is 0 Å². The molecule has 26 heavy (non-hydrogen) atoms. The fourth-order valence-corrected chi connectivity index (χ4v) is 2.50. The summed E-state index contributed by atoms with van der Waals surface area (Å²) < 4.78 is 5.17. The molecule has 0 aliphatic heterocycles. The van der Waals surface area contributed by atoms with Crippen LogP contribution in [0.2, 0.25) is 0 Å². The van der Waals surface area contributed by atoms with Crippen LogP contribution < -0.4 is 10.6 Å². The standard InChI is InChI=1S/C20H22N4O2/c1-3-18-23-19(26-24-18)13-21-17-7-5-4-6-16(17)20(25)22-12-15-10-8-14(2)9-11-15/h4-11,21H,3,12-13H2,1-2H3,(H,22,25). The number of benzene rings is 2. The number of aryl methyl sites for hydroxylation is 2. The van der Waals surface area contributed by atoms with Crippen molar-refractivity contribution >= 4 is 11.6 Å². The Hall–Kier alpha value is -3.15. The highest BCUT2D eigenvalue weighted by Crippen LogP contribution is 2.16. The van der Waals surface area contributed by atoms with Gasteiger partial charge in [-0.05, 0) is 24.6 Å². The molecule has 3 rings (SSSR count). The quantitative estimate of drug-likeness (QED) is 0.682. The highest BCUT2D eigenvalue weighted by Gasteiger charge is 2.12. The van der Waals surface area contributed by atoms with Gasteiger partial charge in [0.15, 0.2) is 5.82 Å². The van der Waals surface area contributed by atoms with Gasteiger partial charge in [0, 0.05) is 18.7 Å². The van der Waals surface area contributed by atoms with E-state index in [4.69, 9.17) is 4.52 Å². The smallest absolute Gasteiger partial charge is 0.253 e. The fourth-order valence-electron chi connectivity index (χ4n) is 2.50. The molecule has 0 unspecified atom stereocenters. The first-order valence-electron chi connectivity index (χ1n) is 8.64. The Kier molecular flexibility index (Phi) is 5.63. The van der Waals surface area contributed by atoms with Gasteiger partial charge in [0.1, 0.15) is 0 Å². The maximum absolute atomic E-state index is 12.6. The lowest BCUT2D eigenvalue weighted by molar-refractivity contribution is 0.0951. The maximum Gasteiger partial charge on any atom is 0.253 e. The summed E-state index contributed by atoms with van der Waals surface area (Å²) in [6.07, 6.45) is 0.724. The zero-order chi connectivity index (χ0) is 18.4. The number of para-hydroxylation sites is 1. The lowest BCUT2D eigenvalue weighted by Crippen LogP contribution is -2.24. The van der Waals surface area contributed by atoms with Crippen LogP contribution in [-0.4, -0.2) is 16.0 Å². The number of nitrogens with zero attached hydrogens (tertiary/aromatic N) is 2. The van der Waals surface area contributed by atoms with E-state index < -0.39 is 0 Å². The first kappa shape index (κ1) is 17.7. The number of hydrogen-bond donors (Lipinski definition) is 2. The van der Waals surface area contributed by atoms with Gasteiger partial charge < -0.3 is 15.2 Å². The Morgan fingerprint density at radius 2 is 1.85 bits per heavy atom. The van der Waals surface area contributed by atoms with E-state index in [0.29, 0.717) is 30.4 Å². The Bertz CT molecular complexity index is 872. The second kappa shape index (κ2) is 8.29. The molecule has 1 amide bonds. The minimum Gasteiger partial charge on any atom is -0.375 e. The number of aromatic nitrogens is 2. The zero-order valence-corrected chi connectivity index (χ0v) is 15.0. The molecule has 0 saturated heterocycles. The summed E-state index contributed by atoms with van der Waals surface area (Å²) in [5.74, 6) is 1.04. The van der Waals surface area contributed by atoms with Crippen LogP contribution in [0.1, 0.15) is 40.1 Å². The fraction of sp³-hybridized carbons (Fsp3) is 0.250. The predicted octanol–water partition coefficient (Wildman–Crippen LogP) is 3.48. The number of nitrogens with one attached hydrogen (secondary N) is 2. The lowest BCUT2D eigenvalue weighted by Gasteiger charge is -2.11. The Morgan fingerprint density at radius 3 is 2.58 bits per heavy atom. The van der Waals surface area contributed by atoms with Crippen LogP contribution in [-0.2, 0) is 19.5 Å². The number of amides is 1. The van der Waals surface area contributed by atoms with Gasteiger partial charge in [0.25, 0.3) is 5.91 Å². The summed E-state index contributed by atoms with van der Waals surface area (Å²) in [4.78, 5) is 16.8. The van der Waals surface area contributed by atoms with Gasteiger partial charge in [0.2, 0.25) is 5.89 Å². The van der Waals surface area contributed by atoms with E-state index in [2.05, 4.69) is 20.8 Å². The molecule has 0 spiro atoms. The monoisotopic (exact) mass is 350 g/mol. The van der Waals surface area contributed by atoms with Gasteiger partial charge in [0.05, 0.1) is 12.1 Å². The second-order valence-electron chi connectivity index (χ2n) is 6.03. The van der Waals surface area contributed by atoms with Crippen LogP contribution in [0.4, 0.5) is 5.69 Å². The predicted molar refractivity (Wildman–Crippen MR) is 99.8 cm³/mol. The highest BCUT2D eigenvalue weighted by atomic mass is 16.5. The minimum absolute atomic E-state index is 0.131. The van der Waals surface area contributed by atoms with Crippen LogP contribution >= 0.6 is 0 Å². The Labute approximate surface area is 152 Å². The number of rotatable bonds is 7. The van der Waals surface area contributed by atoms with Crippen LogP contribution in [0.5, 0.6) is 0 Å². The maximum atomic E-state index is 12.6. The molecule has 1 aromatic heterocycles. The van der Waals surface area contributed by atoms with Crippen molar-refractivity contribution in [2.24, 2.45) is 0 Å². The van der Waals surface area contributed by atoms with Crippen LogP contribution in [0.15, 0.2) is 53.1 Å². The number of carbonyl (C=O) groups excluding carboxylic acids is 1. The number of carbonyl (C=O) groups is 1. The molecular weight excluding hydrogens is 328 g/mol. The minimum atomic E-state index is -0.131. The normalized spacial score (nSPS) is 10.5. The van der Waals surface area contributed by atoms with E-state index in [9.17, 15) is 4.79 Å². The van der Waals surface area contributed by atoms with E-state index in [1.54, 1.807) is 6.07 Å². The molecule has 0 fully saturated rings. The van der Waals surface area contributed by atoms with E-state index in [1.165, 1.54) is 5.56 Å². The van der Waals surface area contributed by atoms with E-state index in [0.717, 1.165) is 17.7 Å². The molecule has 0 aliphatic rings. The van der Waals surface area contributed by atoms with Gasteiger partial charge in [-0.15, -0.1) is 0 Å². The summed E-state index contributed by atoms with van der Waals surface area (Å²) in [5, 5.41) is 10.0. The third-order valence-corrected chi connectivity index (χ3v) is 4.00. The van der Waals surface area contributed by atoms with Crippen molar-refractivity contribution in [2.45, 2.75) is 33.4 Å². The van der Waals surface area contributed by atoms with Crippen molar-refractivity contribution in [3.05, 3.63) is 76.9 Å². The molecule has 0 saturated carbocycles. The van der Waals surface area contributed by atoms with Gasteiger partial charge >= 0.3 is 0 Å². The first-order chi connectivity index (χ1) is 12.7. The summed E-state index contributed by atoms with van der Waals surface area (Å²) >= 11 is 0. The van der Waals surface area contributed by atoms with Crippen molar-refractivity contribution in [2.75, 3.05) is 5.32 Å². The molecule has 0 aliphatic carbocycles. The van der Waals surface area contributed by atoms with Crippen molar-refractivity contribution in [1.82, 2.24) is 15.5 Å². The molecule has 2 N–H and O–H groups in total. The van der Waals surface area contributed by atoms with Crippen molar-refractivity contribution < 1.29 is 9.32 Å².